The van der Waals surface area contributed by atoms with Gasteiger partial charge < -0.3 is 0 Å². The lowest BCUT2D eigenvalue weighted by Crippen LogP contribution is -1.82. The Bertz CT molecular complexity index is 446. The summed E-state index contributed by atoms with van der Waals surface area (Å²) in [5, 5.41) is 0. The van der Waals surface area contributed by atoms with Crippen molar-refractivity contribution in [2.24, 2.45) is 4.99 Å². The van der Waals surface area contributed by atoms with Gasteiger partial charge in [-0.1, -0.05) is 48.5 Å². The summed E-state index contributed by atoms with van der Waals surface area (Å²) in [6.45, 7) is 4.19. The molecule has 2 rings (SSSR count). The number of benzene rings is 2. The third-order valence-electron chi connectivity index (χ3n) is 2.33. The van der Waals surface area contributed by atoms with Crippen LogP contribution in [0.4, 0.5) is 0 Å². The predicted octanol–water partition coefficient (Wildman–Crippen LogP) is 3.55. The summed E-state index contributed by atoms with van der Waals surface area (Å²) in [7, 11) is 0. The molecule has 1 nitrogen and oxygen atoms in total. The van der Waals surface area contributed by atoms with Crippen LogP contribution in [0, 0.1) is 0 Å². The molecule has 0 aliphatic heterocycles. The molecule has 0 atom stereocenters. The van der Waals surface area contributed by atoms with E-state index in [0.717, 1.165) is 0 Å². The molecule has 0 aliphatic carbocycles. The van der Waals surface area contributed by atoms with Gasteiger partial charge in [0.1, 0.15) is 0 Å². The topological polar surface area (TPSA) is 12.4 Å². The van der Waals surface area contributed by atoms with Gasteiger partial charge in [-0.2, -0.15) is 0 Å². The Labute approximate surface area is 90.1 Å². The molecule has 0 saturated heterocycles. The van der Waals surface area contributed by atoms with Gasteiger partial charge in [0, 0.05) is 0 Å². The lowest BCUT2D eigenvalue weighted by atomic mass is 10.0. The monoisotopic (exact) mass is 195 g/mol. The summed E-state index contributed by atoms with van der Waals surface area (Å²) < 4.78 is 0. The highest BCUT2D eigenvalue weighted by Gasteiger charge is 1.97. The van der Waals surface area contributed by atoms with Gasteiger partial charge in [-0.05, 0) is 29.5 Å². The zero-order chi connectivity index (χ0) is 10.5. The third-order valence-corrected chi connectivity index (χ3v) is 2.33. The van der Waals surface area contributed by atoms with Gasteiger partial charge in [0.15, 0.2) is 0 Å². The van der Waals surface area contributed by atoms with Crippen molar-refractivity contribution in [1.82, 2.24) is 0 Å². The average Bonchev–Trinajstić information content (AvgIpc) is 2.31. The first-order valence-electron chi connectivity index (χ1n) is 4.97. The van der Waals surface area contributed by atoms with Gasteiger partial charge in [0.2, 0.25) is 0 Å². The molecular weight excluding hydrogens is 182 g/mol. The Morgan fingerprint density at radius 3 is 2.33 bits per heavy atom. The molecule has 0 unspecified atom stereocenters. The van der Waals surface area contributed by atoms with Crippen LogP contribution in [0.25, 0.3) is 11.1 Å². The zero-order valence-electron chi connectivity index (χ0n) is 8.56. The number of rotatable bonds is 3. The standard InChI is InChI=1S/C14H13N/c1-15-11-12-6-5-9-14(10-12)13-7-3-2-4-8-13/h2-10H,1,11H2. The van der Waals surface area contributed by atoms with Crippen LogP contribution in [0.3, 0.4) is 0 Å². The first-order chi connectivity index (χ1) is 7.40. The van der Waals surface area contributed by atoms with Gasteiger partial charge in [0.05, 0.1) is 6.54 Å². The minimum Gasteiger partial charge on any atom is -0.296 e. The van der Waals surface area contributed by atoms with Crippen LogP contribution < -0.4 is 0 Å². The summed E-state index contributed by atoms with van der Waals surface area (Å²) in [6.07, 6.45) is 0. The second-order valence-corrected chi connectivity index (χ2v) is 3.45. The summed E-state index contributed by atoms with van der Waals surface area (Å²) >= 11 is 0. The van der Waals surface area contributed by atoms with Crippen LogP contribution >= 0.6 is 0 Å². The maximum absolute atomic E-state index is 3.89. The molecule has 0 aliphatic rings. The van der Waals surface area contributed by atoms with Crippen molar-refractivity contribution in [2.75, 3.05) is 0 Å². The first kappa shape index (κ1) is 9.66. The normalized spacial score (nSPS) is 9.87. The second kappa shape index (κ2) is 4.56. The van der Waals surface area contributed by atoms with Crippen molar-refractivity contribution in [3.05, 3.63) is 60.2 Å². The van der Waals surface area contributed by atoms with Crippen molar-refractivity contribution >= 4 is 6.72 Å². The van der Waals surface area contributed by atoms with Crippen molar-refractivity contribution in [3.8, 4) is 11.1 Å². The highest BCUT2D eigenvalue weighted by atomic mass is 14.7. The molecule has 0 aromatic heterocycles. The van der Waals surface area contributed by atoms with Crippen LogP contribution in [-0.4, -0.2) is 6.72 Å². The smallest absolute Gasteiger partial charge is 0.0632 e. The van der Waals surface area contributed by atoms with E-state index in [9.17, 15) is 0 Å². The number of hydrogen-bond acceptors (Lipinski definition) is 1. The number of nitrogens with zero attached hydrogens (tertiary/aromatic N) is 1. The minimum absolute atomic E-state index is 0.681. The van der Waals surface area contributed by atoms with E-state index in [1.807, 2.05) is 18.2 Å². The number of hydrogen-bond donors (Lipinski definition) is 0. The SMILES string of the molecule is C=NCc1cccc(-c2ccccc2)c1. The molecule has 0 radical (unpaired) electrons. The molecule has 15 heavy (non-hydrogen) atoms. The minimum atomic E-state index is 0.681. The molecule has 0 amide bonds. The first-order valence-corrected chi connectivity index (χ1v) is 4.97. The van der Waals surface area contributed by atoms with Crippen LogP contribution in [-0.2, 0) is 6.54 Å². The molecular formula is C14H13N. The quantitative estimate of drug-likeness (QED) is 0.664. The summed E-state index contributed by atoms with van der Waals surface area (Å²) in [5.74, 6) is 0. The van der Waals surface area contributed by atoms with E-state index in [4.69, 9.17) is 0 Å². The zero-order valence-corrected chi connectivity index (χ0v) is 8.56. The van der Waals surface area contributed by atoms with Gasteiger partial charge in [-0.15, -0.1) is 0 Å². The fraction of sp³-hybridized carbons (Fsp3) is 0.0714. The van der Waals surface area contributed by atoms with Gasteiger partial charge >= 0.3 is 0 Å². The lowest BCUT2D eigenvalue weighted by Gasteiger charge is -2.03. The lowest BCUT2D eigenvalue weighted by molar-refractivity contribution is 1.08. The number of aliphatic imine (C=N–C) groups is 1. The van der Waals surface area contributed by atoms with Crippen molar-refractivity contribution in [2.45, 2.75) is 6.54 Å². The Hall–Kier alpha value is -1.89. The van der Waals surface area contributed by atoms with Crippen molar-refractivity contribution in [1.29, 1.82) is 0 Å². The molecule has 0 heterocycles. The van der Waals surface area contributed by atoms with Crippen LogP contribution in [0.5, 0.6) is 0 Å². The van der Waals surface area contributed by atoms with Crippen LogP contribution in [0.2, 0.25) is 0 Å². The Morgan fingerprint density at radius 2 is 1.60 bits per heavy atom. The molecule has 0 spiro atoms. The van der Waals surface area contributed by atoms with E-state index in [0.29, 0.717) is 6.54 Å². The molecule has 0 saturated carbocycles. The predicted molar refractivity (Wildman–Crippen MR) is 65.1 cm³/mol. The van der Waals surface area contributed by atoms with Gasteiger partial charge in [-0.3, -0.25) is 4.99 Å². The van der Waals surface area contributed by atoms with E-state index in [1.165, 1.54) is 16.7 Å². The van der Waals surface area contributed by atoms with Crippen LogP contribution in [0.15, 0.2) is 59.6 Å². The van der Waals surface area contributed by atoms with E-state index in [-0.39, 0.29) is 0 Å². The highest BCUT2D eigenvalue weighted by Crippen LogP contribution is 2.20. The fourth-order valence-corrected chi connectivity index (χ4v) is 1.61. The molecule has 2 aromatic carbocycles. The summed E-state index contributed by atoms with van der Waals surface area (Å²) in [4.78, 5) is 3.89. The highest BCUT2D eigenvalue weighted by molar-refractivity contribution is 5.63. The van der Waals surface area contributed by atoms with E-state index >= 15 is 0 Å². The van der Waals surface area contributed by atoms with Crippen LogP contribution in [0.1, 0.15) is 5.56 Å². The largest absolute Gasteiger partial charge is 0.296 e. The molecule has 2 aromatic rings. The fourth-order valence-electron chi connectivity index (χ4n) is 1.61. The molecule has 0 bridgehead atoms. The molecule has 74 valence electrons. The van der Waals surface area contributed by atoms with E-state index in [1.54, 1.807) is 0 Å². The average molecular weight is 195 g/mol. The maximum Gasteiger partial charge on any atom is 0.0632 e. The Balaban J connectivity index is 2.37. The van der Waals surface area contributed by atoms with E-state index < -0.39 is 0 Å². The van der Waals surface area contributed by atoms with Gasteiger partial charge in [0.25, 0.3) is 0 Å². The van der Waals surface area contributed by atoms with Gasteiger partial charge in [-0.25, -0.2) is 0 Å². The summed E-state index contributed by atoms with van der Waals surface area (Å²) in [6, 6.07) is 18.7. The molecule has 0 fully saturated rings. The third kappa shape index (κ3) is 2.32. The Kier molecular flexibility index (Phi) is 2.93. The van der Waals surface area contributed by atoms with Crippen molar-refractivity contribution in [3.63, 3.8) is 0 Å². The Morgan fingerprint density at radius 1 is 0.867 bits per heavy atom. The maximum atomic E-state index is 3.89. The summed E-state index contributed by atoms with van der Waals surface area (Å²) in [5.41, 5.74) is 3.67. The molecule has 0 N–H and O–H groups in total. The second-order valence-electron chi connectivity index (χ2n) is 3.45. The van der Waals surface area contributed by atoms with E-state index in [2.05, 4.69) is 48.1 Å². The van der Waals surface area contributed by atoms with Crippen molar-refractivity contribution < 1.29 is 0 Å². The molecule has 1 heteroatoms.